The SMILES string of the molecule is Cc1ccc(NC(=S)NN2CC[NH+](C)CC2)cc1Cl. The standard InChI is InChI=1S/C13H19ClN4S/c1-10-3-4-11(9-12(10)14)15-13(19)16-18-7-5-17(2)6-8-18/h3-4,9H,5-8H2,1-2H3,(H2,15,16,19)/p+1. The topological polar surface area (TPSA) is 31.7 Å². The first-order valence-electron chi connectivity index (χ1n) is 6.44. The van der Waals surface area contributed by atoms with Crippen LogP contribution >= 0.6 is 23.8 Å². The van der Waals surface area contributed by atoms with Gasteiger partial charge in [-0.15, -0.1) is 0 Å². The van der Waals surface area contributed by atoms with Crippen LogP contribution in [0.5, 0.6) is 0 Å². The van der Waals surface area contributed by atoms with Gasteiger partial charge in [0.15, 0.2) is 5.11 Å². The maximum Gasteiger partial charge on any atom is 0.185 e. The summed E-state index contributed by atoms with van der Waals surface area (Å²) < 4.78 is 0. The molecule has 1 aliphatic rings. The predicted octanol–water partition coefficient (Wildman–Crippen LogP) is 0.680. The molecule has 0 saturated carbocycles. The van der Waals surface area contributed by atoms with Crippen LogP contribution in [0.3, 0.4) is 0 Å². The fraction of sp³-hybridized carbons (Fsp3) is 0.462. The molecule has 1 heterocycles. The molecule has 1 aromatic rings. The fourth-order valence-corrected chi connectivity index (χ4v) is 2.40. The first kappa shape index (κ1) is 14.5. The average Bonchev–Trinajstić information content (AvgIpc) is 2.37. The van der Waals surface area contributed by atoms with E-state index in [0.29, 0.717) is 5.11 Å². The van der Waals surface area contributed by atoms with Gasteiger partial charge in [-0.05, 0) is 36.8 Å². The highest BCUT2D eigenvalue weighted by Crippen LogP contribution is 2.19. The highest BCUT2D eigenvalue weighted by atomic mass is 35.5. The number of aryl methyl sites for hydroxylation is 1. The van der Waals surface area contributed by atoms with Crippen molar-refractivity contribution >= 4 is 34.6 Å². The minimum Gasteiger partial charge on any atom is -0.335 e. The number of halogens is 1. The molecule has 1 aliphatic heterocycles. The summed E-state index contributed by atoms with van der Waals surface area (Å²) in [6.07, 6.45) is 0. The Bertz CT molecular complexity index is 458. The smallest absolute Gasteiger partial charge is 0.185 e. The number of nitrogens with zero attached hydrogens (tertiary/aromatic N) is 1. The molecule has 0 unspecified atom stereocenters. The second-order valence-corrected chi connectivity index (χ2v) is 5.79. The number of rotatable bonds is 2. The van der Waals surface area contributed by atoms with Crippen LogP contribution < -0.4 is 15.6 Å². The third kappa shape index (κ3) is 4.31. The van der Waals surface area contributed by atoms with Crippen LogP contribution in [-0.4, -0.2) is 43.3 Å². The molecule has 0 bridgehead atoms. The van der Waals surface area contributed by atoms with Crippen LogP contribution in [0.15, 0.2) is 18.2 Å². The predicted molar refractivity (Wildman–Crippen MR) is 83.7 cm³/mol. The van der Waals surface area contributed by atoms with Gasteiger partial charge in [0.25, 0.3) is 0 Å². The summed E-state index contributed by atoms with van der Waals surface area (Å²) in [5.74, 6) is 0. The second-order valence-electron chi connectivity index (χ2n) is 4.97. The maximum atomic E-state index is 6.09. The zero-order valence-electron chi connectivity index (χ0n) is 11.3. The van der Waals surface area contributed by atoms with Crippen LogP contribution in [0.2, 0.25) is 5.02 Å². The van der Waals surface area contributed by atoms with Gasteiger partial charge in [0, 0.05) is 10.7 Å². The van der Waals surface area contributed by atoms with Gasteiger partial charge < -0.3 is 10.2 Å². The van der Waals surface area contributed by atoms with Crippen molar-refractivity contribution in [1.29, 1.82) is 0 Å². The number of piperazine rings is 1. The van der Waals surface area contributed by atoms with Gasteiger partial charge in [-0.1, -0.05) is 17.7 Å². The molecule has 3 N–H and O–H groups in total. The summed E-state index contributed by atoms with van der Waals surface area (Å²) >= 11 is 11.4. The molecule has 0 aliphatic carbocycles. The van der Waals surface area contributed by atoms with E-state index in [2.05, 4.69) is 22.8 Å². The molecule has 2 rings (SSSR count). The largest absolute Gasteiger partial charge is 0.335 e. The lowest BCUT2D eigenvalue weighted by Gasteiger charge is -2.31. The fourth-order valence-electron chi connectivity index (χ4n) is 1.97. The van der Waals surface area contributed by atoms with Crippen molar-refractivity contribution in [1.82, 2.24) is 10.4 Å². The lowest BCUT2D eigenvalue weighted by Crippen LogP contribution is -3.12. The average molecular weight is 300 g/mol. The van der Waals surface area contributed by atoms with Crippen LogP contribution in [0, 0.1) is 6.92 Å². The number of hydrogen-bond donors (Lipinski definition) is 3. The quantitative estimate of drug-likeness (QED) is 0.701. The van der Waals surface area contributed by atoms with Gasteiger partial charge in [0.05, 0.1) is 33.2 Å². The summed E-state index contributed by atoms with van der Waals surface area (Å²) in [6.45, 7) is 6.25. The van der Waals surface area contributed by atoms with E-state index >= 15 is 0 Å². The van der Waals surface area contributed by atoms with Crippen molar-refractivity contribution in [2.45, 2.75) is 6.92 Å². The molecule has 1 saturated heterocycles. The van der Waals surface area contributed by atoms with Crippen LogP contribution in [0.4, 0.5) is 5.69 Å². The molecule has 6 heteroatoms. The van der Waals surface area contributed by atoms with Crippen molar-refractivity contribution in [3.63, 3.8) is 0 Å². The Kier molecular flexibility index (Phi) is 4.99. The van der Waals surface area contributed by atoms with E-state index in [-0.39, 0.29) is 0 Å². The Morgan fingerprint density at radius 2 is 2.05 bits per heavy atom. The zero-order chi connectivity index (χ0) is 13.8. The number of quaternary nitrogens is 1. The molecule has 1 fully saturated rings. The summed E-state index contributed by atoms with van der Waals surface area (Å²) in [5, 5.41) is 6.66. The van der Waals surface area contributed by atoms with Gasteiger partial charge in [0.2, 0.25) is 0 Å². The minimum absolute atomic E-state index is 0.611. The highest BCUT2D eigenvalue weighted by Gasteiger charge is 2.16. The van der Waals surface area contributed by atoms with Crippen LogP contribution in [-0.2, 0) is 0 Å². The van der Waals surface area contributed by atoms with E-state index in [1.165, 1.54) is 0 Å². The summed E-state index contributed by atoms with van der Waals surface area (Å²) in [6, 6.07) is 5.84. The lowest BCUT2D eigenvalue weighted by atomic mass is 10.2. The van der Waals surface area contributed by atoms with E-state index in [4.69, 9.17) is 23.8 Å². The number of anilines is 1. The molecule has 1 aromatic carbocycles. The Morgan fingerprint density at radius 3 is 2.68 bits per heavy atom. The van der Waals surface area contributed by atoms with E-state index in [9.17, 15) is 0 Å². The third-order valence-corrected chi connectivity index (χ3v) is 3.91. The third-order valence-electron chi connectivity index (χ3n) is 3.31. The number of benzene rings is 1. The van der Waals surface area contributed by atoms with Crippen LogP contribution in [0.1, 0.15) is 5.56 Å². The summed E-state index contributed by atoms with van der Waals surface area (Å²) in [7, 11) is 2.21. The Labute approximate surface area is 124 Å². The van der Waals surface area contributed by atoms with Crippen molar-refractivity contribution in [2.24, 2.45) is 0 Å². The van der Waals surface area contributed by atoms with Gasteiger partial charge in [0.1, 0.15) is 0 Å². The molecular weight excluding hydrogens is 280 g/mol. The molecule has 0 spiro atoms. The Balaban J connectivity index is 1.85. The first-order chi connectivity index (χ1) is 9.04. The molecule has 0 atom stereocenters. The molecule has 0 radical (unpaired) electrons. The minimum atomic E-state index is 0.611. The number of hydrazine groups is 1. The van der Waals surface area contributed by atoms with E-state index in [0.717, 1.165) is 42.5 Å². The highest BCUT2D eigenvalue weighted by molar-refractivity contribution is 7.80. The molecule has 0 amide bonds. The first-order valence-corrected chi connectivity index (χ1v) is 7.23. The molecule has 0 aromatic heterocycles. The molecule has 19 heavy (non-hydrogen) atoms. The van der Waals surface area contributed by atoms with E-state index in [1.54, 1.807) is 4.90 Å². The van der Waals surface area contributed by atoms with Crippen molar-refractivity contribution < 1.29 is 4.90 Å². The van der Waals surface area contributed by atoms with Crippen LogP contribution in [0.25, 0.3) is 0 Å². The number of hydrogen-bond acceptors (Lipinski definition) is 2. The summed E-state index contributed by atoms with van der Waals surface area (Å²) in [4.78, 5) is 1.56. The van der Waals surface area contributed by atoms with Gasteiger partial charge in [-0.2, -0.15) is 0 Å². The number of likely N-dealkylation sites (N-methyl/N-ethyl adjacent to an activating group) is 1. The van der Waals surface area contributed by atoms with Crippen molar-refractivity contribution in [3.8, 4) is 0 Å². The maximum absolute atomic E-state index is 6.09. The van der Waals surface area contributed by atoms with Gasteiger partial charge >= 0.3 is 0 Å². The number of thiocarbonyl (C=S) groups is 1. The Hall–Kier alpha value is -0.880. The monoisotopic (exact) mass is 299 g/mol. The number of nitrogens with one attached hydrogen (secondary N) is 3. The van der Waals surface area contributed by atoms with E-state index < -0.39 is 0 Å². The second kappa shape index (κ2) is 6.52. The van der Waals surface area contributed by atoms with Gasteiger partial charge in [-0.25, -0.2) is 5.01 Å². The van der Waals surface area contributed by atoms with Gasteiger partial charge in [-0.3, -0.25) is 5.43 Å². The van der Waals surface area contributed by atoms with E-state index in [1.807, 2.05) is 25.1 Å². The zero-order valence-corrected chi connectivity index (χ0v) is 12.9. The lowest BCUT2D eigenvalue weighted by molar-refractivity contribution is -0.884. The molecule has 4 nitrogen and oxygen atoms in total. The summed E-state index contributed by atoms with van der Waals surface area (Å²) in [5.41, 5.74) is 5.19. The van der Waals surface area contributed by atoms with Crippen molar-refractivity contribution in [2.75, 3.05) is 38.5 Å². The Morgan fingerprint density at radius 1 is 1.37 bits per heavy atom. The molecule has 104 valence electrons. The normalized spacial score (nSPS) is 17.2. The molecular formula is C13H20ClN4S+. The van der Waals surface area contributed by atoms with Crippen molar-refractivity contribution in [3.05, 3.63) is 28.8 Å².